The number of nitrogens with zero attached hydrogens (tertiary/aromatic N) is 5. The minimum absolute atomic E-state index is 0.568. The molecular weight excluding hydrogens is 407 g/mol. The molecule has 1 aliphatic heterocycles. The largest absolute Gasteiger partial charge is 0.292 e. The summed E-state index contributed by atoms with van der Waals surface area (Å²) < 4.78 is 1.87. The second-order valence-electron chi connectivity index (χ2n) is 6.38. The van der Waals surface area contributed by atoms with E-state index in [2.05, 4.69) is 20.5 Å². The lowest BCUT2D eigenvalue weighted by atomic mass is 10.2. The van der Waals surface area contributed by atoms with Gasteiger partial charge in [0.2, 0.25) is 0 Å². The number of nitrogens with one attached hydrogen (secondary N) is 1. The molecule has 1 aromatic carbocycles. The molecule has 4 heterocycles. The first-order chi connectivity index (χ1) is 14.2. The van der Waals surface area contributed by atoms with Crippen LogP contribution < -0.4 is 10.4 Å². The zero-order chi connectivity index (χ0) is 19.8. The van der Waals surface area contributed by atoms with Crippen molar-refractivity contribution in [3.63, 3.8) is 0 Å². The first-order valence-corrected chi connectivity index (χ1v) is 9.59. The van der Waals surface area contributed by atoms with Crippen LogP contribution in [0.15, 0.2) is 79.5 Å². The van der Waals surface area contributed by atoms with E-state index < -0.39 is 0 Å². The topological polar surface area (TPSA) is 58.9 Å². The van der Waals surface area contributed by atoms with E-state index in [0.717, 1.165) is 33.7 Å². The summed E-state index contributed by atoms with van der Waals surface area (Å²) in [7, 11) is 0. The molecule has 3 aromatic heterocycles. The Hall–Kier alpha value is -3.35. The van der Waals surface area contributed by atoms with Crippen molar-refractivity contribution < 1.29 is 0 Å². The van der Waals surface area contributed by atoms with E-state index in [-0.39, 0.29) is 0 Å². The Morgan fingerprint density at radius 1 is 0.931 bits per heavy atom. The summed E-state index contributed by atoms with van der Waals surface area (Å²) >= 11 is 12.3. The summed E-state index contributed by atoms with van der Waals surface area (Å²) in [4.78, 5) is 8.58. The highest BCUT2D eigenvalue weighted by Gasteiger charge is 2.17. The number of anilines is 1. The third kappa shape index (κ3) is 3.33. The third-order valence-corrected chi connectivity index (χ3v) is 4.98. The van der Waals surface area contributed by atoms with Gasteiger partial charge in [0.05, 0.1) is 45.7 Å². The minimum Gasteiger partial charge on any atom is -0.292 e. The summed E-state index contributed by atoms with van der Waals surface area (Å²) in [6, 6.07) is 11.3. The van der Waals surface area contributed by atoms with Crippen LogP contribution in [-0.4, -0.2) is 19.7 Å². The molecule has 1 N–H and O–H groups in total. The number of fused-ring (bicyclic) bond motifs is 1. The maximum Gasteiger partial charge on any atom is 0.0918 e. The third-order valence-electron chi connectivity index (χ3n) is 4.53. The standard InChI is InChI=1S/C21H14Cl2N6/c22-14-3-4-18-17(11-14)20(5-7-25-18)29-21(6-8-26-29)19-2-1-9-28(27-19)16-10-15(23)12-24-13-16/h1-13,27H. The summed E-state index contributed by atoms with van der Waals surface area (Å²) in [5.41, 5.74) is 7.71. The van der Waals surface area contributed by atoms with Gasteiger partial charge in [-0.3, -0.25) is 20.4 Å². The molecule has 0 aliphatic carbocycles. The Bertz CT molecular complexity index is 1280. The first kappa shape index (κ1) is 17.7. The Balaban J connectivity index is 1.56. The highest BCUT2D eigenvalue weighted by Crippen LogP contribution is 2.27. The quantitative estimate of drug-likeness (QED) is 0.505. The number of halogens is 2. The molecule has 29 heavy (non-hydrogen) atoms. The monoisotopic (exact) mass is 420 g/mol. The highest BCUT2D eigenvalue weighted by molar-refractivity contribution is 6.31. The number of benzene rings is 1. The van der Waals surface area contributed by atoms with Gasteiger partial charge in [-0.2, -0.15) is 5.10 Å². The highest BCUT2D eigenvalue weighted by atomic mass is 35.5. The fourth-order valence-electron chi connectivity index (χ4n) is 3.24. The van der Waals surface area contributed by atoms with Crippen molar-refractivity contribution in [2.45, 2.75) is 0 Å². The van der Waals surface area contributed by atoms with Crippen LogP contribution >= 0.6 is 23.2 Å². The molecule has 142 valence electrons. The Morgan fingerprint density at radius 3 is 2.76 bits per heavy atom. The predicted molar refractivity (Wildman–Crippen MR) is 116 cm³/mol. The van der Waals surface area contributed by atoms with Crippen LogP contribution in [0.4, 0.5) is 5.69 Å². The zero-order valence-corrected chi connectivity index (χ0v) is 16.5. The molecule has 0 unspecified atom stereocenters. The average Bonchev–Trinajstić information content (AvgIpc) is 3.23. The second-order valence-corrected chi connectivity index (χ2v) is 7.26. The molecule has 0 fully saturated rings. The van der Waals surface area contributed by atoms with Gasteiger partial charge in [-0.25, -0.2) is 4.68 Å². The molecule has 0 spiro atoms. The zero-order valence-electron chi connectivity index (χ0n) is 15.0. The van der Waals surface area contributed by atoms with E-state index in [1.165, 1.54) is 0 Å². The molecule has 1 aliphatic rings. The fourth-order valence-corrected chi connectivity index (χ4v) is 3.58. The van der Waals surface area contributed by atoms with E-state index in [9.17, 15) is 0 Å². The molecule has 0 radical (unpaired) electrons. The van der Waals surface area contributed by atoms with E-state index in [1.807, 2.05) is 64.4 Å². The fraction of sp³-hybridized carbons (Fsp3) is 0. The molecule has 0 bridgehead atoms. The van der Waals surface area contributed by atoms with Crippen LogP contribution in [0.5, 0.6) is 0 Å². The summed E-state index contributed by atoms with van der Waals surface area (Å²) in [6.07, 6.45) is 12.7. The molecule has 0 atom stereocenters. The van der Waals surface area contributed by atoms with E-state index >= 15 is 0 Å². The molecule has 6 nitrogen and oxygen atoms in total. The summed E-state index contributed by atoms with van der Waals surface area (Å²) in [6.45, 7) is 0. The van der Waals surface area contributed by atoms with Crippen LogP contribution in [-0.2, 0) is 0 Å². The van der Waals surface area contributed by atoms with Crippen LogP contribution in [0.3, 0.4) is 0 Å². The smallest absolute Gasteiger partial charge is 0.0918 e. The van der Waals surface area contributed by atoms with Gasteiger partial charge in [0.25, 0.3) is 0 Å². The average molecular weight is 421 g/mol. The summed E-state index contributed by atoms with van der Waals surface area (Å²) in [5, 5.41) is 8.54. The van der Waals surface area contributed by atoms with Gasteiger partial charge in [0, 0.05) is 29.0 Å². The van der Waals surface area contributed by atoms with Gasteiger partial charge in [0.1, 0.15) is 0 Å². The molecule has 0 saturated heterocycles. The molecule has 5 rings (SSSR count). The first-order valence-electron chi connectivity index (χ1n) is 8.83. The van der Waals surface area contributed by atoms with Crippen LogP contribution in [0.25, 0.3) is 22.3 Å². The van der Waals surface area contributed by atoms with Crippen molar-refractivity contribution in [1.29, 1.82) is 0 Å². The van der Waals surface area contributed by atoms with Gasteiger partial charge in [-0.15, -0.1) is 0 Å². The van der Waals surface area contributed by atoms with Crippen molar-refractivity contribution in [3.8, 4) is 5.69 Å². The normalized spacial score (nSPS) is 13.4. The van der Waals surface area contributed by atoms with E-state index in [4.69, 9.17) is 23.2 Å². The maximum absolute atomic E-state index is 6.23. The second kappa shape index (κ2) is 7.24. The number of aromatic nitrogens is 4. The minimum atomic E-state index is 0.568. The van der Waals surface area contributed by atoms with Crippen molar-refractivity contribution in [2.24, 2.45) is 0 Å². The number of pyridine rings is 2. The Kier molecular flexibility index (Phi) is 4.42. The molecular formula is C21H14Cl2N6. The SMILES string of the molecule is Clc1cncc(N2C=CC=C(c3ccnn3-c3ccnc4ccc(Cl)cc34)N2)c1. The molecule has 4 aromatic rings. The van der Waals surface area contributed by atoms with Crippen molar-refractivity contribution in [3.05, 3.63) is 95.3 Å². The van der Waals surface area contributed by atoms with Crippen LogP contribution in [0.2, 0.25) is 10.0 Å². The Morgan fingerprint density at radius 2 is 1.86 bits per heavy atom. The predicted octanol–water partition coefficient (Wildman–Crippen LogP) is 5.00. The van der Waals surface area contributed by atoms with Gasteiger partial charge < -0.3 is 0 Å². The maximum atomic E-state index is 6.23. The van der Waals surface area contributed by atoms with Crippen LogP contribution in [0, 0.1) is 0 Å². The van der Waals surface area contributed by atoms with Crippen molar-refractivity contribution in [2.75, 3.05) is 5.01 Å². The van der Waals surface area contributed by atoms with E-state index in [1.54, 1.807) is 24.8 Å². The van der Waals surface area contributed by atoms with Gasteiger partial charge in [0.15, 0.2) is 0 Å². The number of hydrazine groups is 1. The Labute approximate surface area is 176 Å². The van der Waals surface area contributed by atoms with Gasteiger partial charge in [-0.1, -0.05) is 23.2 Å². The van der Waals surface area contributed by atoms with Crippen molar-refractivity contribution >= 4 is 45.5 Å². The van der Waals surface area contributed by atoms with Gasteiger partial charge in [-0.05, 0) is 48.6 Å². The lowest BCUT2D eigenvalue weighted by molar-refractivity contribution is 0.829. The molecule has 0 saturated carbocycles. The number of allylic oxidation sites excluding steroid dienone is 2. The lowest BCUT2D eigenvalue weighted by Gasteiger charge is -2.27. The number of hydrogen-bond acceptors (Lipinski definition) is 5. The molecule has 8 heteroatoms. The van der Waals surface area contributed by atoms with Crippen LogP contribution in [0.1, 0.15) is 5.69 Å². The number of rotatable bonds is 3. The van der Waals surface area contributed by atoms with E-state index in [0.29, 0.717) is 10.0 Å². The van der Waals surface area contributed by atoms with Crippen molar-refractivity contribution in [1.82, 2.24) is 25.2 Å². The summed E-state index contributed by atoms with van der Waals surface area (Å²) in [5.74, 6) is 0. The van der Waals surface area contributed by atoms with Gasteiger partial charge >= 0.3 is 0 Å². The number of hydrogen-bond donors (Lipinski definition) is 1. The molecule has 0 amide bonds. The lowest BCUT2D eigenvalue weighted by Crippen LogP contribution is -2.34.